The molecule has 4 rings (SSSR count). The van der Waals surface area contributed by atoms with Crippen LogP contribution < -0.4 is 26.0 Å². The summed E-state index contributed by atoms with van der Waals surface area (Å²) >= 11 is 6.70. The number of rotatable bonds is 9. The lowest BCUT2D eigenvalue weighted by atomic mass is 10.1. The van der Waals surface area contributed by atoms with Gasteiger partial charge in [0.05, 0.1) is 9.77 Å². The zero-order valence-corrected chi connectivity index (χ0v) is 27.0. The molecule has 0 unspecified atom stereocenters. The van der Waals surface area contributed by atoms with Gasteiger partial charge < -0.3 is 21.3 Å². The summed E-state index contributed by atoms with van der Waals surface area (Å²) in [4.78, 5) is 21.8. The van der Waals surface area contributed by atoms with Crippen molar-refractivity contribution in [2.75, 3.05) is 10.6 Å². The summed E-state index contributed by atoms with van der Waals surface area (Å²) < 4.78 is 29.9. The van der Waals surface area contributed by atoms with Crippen LogP contribution in [-0.4, -0.2) is 41.1 Å². The monoisotopic (exact) mass is 637 g/mol. The van der Waals surface area contributed by atoms with E-state index in [2.05, 4.69) is 36.0 Å². The maximum Gasteiger partial charge on any atom is 0.319 e. The first-order valence-corrected chi connectivity index (χ1v) is 16.3. The molecule has 0 atom stereocenters. The van der Waals surface area contributed by atoms with Gasteiger partial charge in [-0.2, -0.15) is 0 Å². The van der Waals surface area contributed by atoms with Crippen molar-refractivity contribution in [3.63, 3.8) is 0 Å². The van der Waals surface area contributed by atoms with Gasteiger partial charge in [-0.1, -0.05) is 6.07 Å². The highest BCUT2D eigenvalue weighted by Crippen LogP contribution is 2.37. The minimum Gasteiger partial charge on any atom is -0.360 e. The highest BCUT2D eigenvalue weighted by molar-refractivity contribution is 7.89. The van der Waals surface area contributed by atoms with Gasteiger partial charge in [-0.15, -0.1) is 11.3 Å². The number of thiazole rings is 1. The molecule has 10 nitrogen and oxygen atoms in total. The molecule has 43 heavy (non-hydrogen) atoms. The SMILES string of the molecule is CC(C)NC(=S)Nc1ccc(-c2ncc(-c3ccc(NC(=O)NCc4ccncc4)cc3S(=O)(=O)NC(C)(C)C)s2)cc1. The van der Waals surface area contributed by atoms with E-state index in [1.807, 2.05) is 38.1 Å². The molecule has 2 amide bonds. The Bertz CT molecular complexity index is 1680. The van der Waals surface area contributed by atoms with Crippen molar-refractivity contribution >= 4 is 56.1 Å². The first kappa shape index (κ1) is 32.0. The highest BCUT2D eigenvalue weighted by atomic mass is 32.2. The number of nitrogens with one attached hydrogen (secondary N) is 5. The van der Waals surface area contributed by atoms with Crippen LogP contribution >= 0.6 is 23.6 Å². The second-order valence-corrected chi connectivity index (χ2v) is 14.2. The van der Waals surface area contributed by atoms with Gasteiger partial charge in [-0.05, 0) is 101 Å². The van der Waals surface area contributed by atoms with Crippen LogP contribution in [0.5, 0.6) is 0 Å². The number of pyridine rings is 1. The minimum atomic E-state index is -3.97. The van der Waals surface area contributed by atoms with Crippen LogP contribution in [0.2, 0.25) is 0 Å². The zero-order chi connectivity index (χ0) is 31.2. The van der Waals surface area contributed by atoms with Crippen LogP contribution in [0.1, 0.15) is 40.2 Å². The predicted molar refractivity (Wildman–Crippen MR) is 178 cm³/mol. The van der Waals surface area contributed by atoms with Crippen molar-refractivity contribution in [2.45, 2.75) is 57.6 Å². The Labute approximate surface area is 261 Å². The molecule has 0 saturated heterocycles. The van der Waals surface area contributed by atoms with Gasteiger partial charge in [-0.3, -0.25) is 4.98 Å². The summed E-state index contributed by atoms with van der Waals surface area (Å²) in [7, 11) is -3.97. The standard InChI is InChI=1S/C30H35N7O3S3/c1-19(2)34-29(41)36-22-8-6-21(7-9-22)27-32-18-25(42-27)24-11-10-23(16-26(24)43(39,40)37-30(3,4)5)35-28(38)33-17-20-12-14-31-15-13-20/h6-16,18-19,37H,17H2,1-5H3,(H2,33,35,38)(H2,34,36,41). The van der Waals surface area contributed by atoms with E-state index in [-0.39, 0.29) is 10.9 Å². The third-order valence-corrected chi connectivity index (χ3v) is 8.85. The number of benzene rings is 2. The van der Waals surface area contributed by atoms with Crippen molar-refractivity contribution in [2.24, 2.45) is 0 Å². The summed E-state index contributed by atoms with van der Waals surface area (Å²) in [5.41, 5.74) is 2.70. The molecule has 0 aliphatic carbocycles. The van der Waals surface area contributed by atoms with Crippen molar-refractivity contribution in [3.8, 4) is 21.0 Å². The zero-order valence-electron chi connectivity index (χ0n) is 24.6. The molecule has 2 heterocycles. The maximum absolute atomic E-state index is 13.6. The Hall–Kier alpha value is -3.91. The molecule has 0 spiro atoms. The number of carbonyl (C=O) groups is 1. The van der Waals surface area contributed by atoms with E-state index in [9.17, 15) is 13.2 Å². The van der Waals surface area contributed by atoms with Gasteiger partial charge in [0.2, 0.25) is 10.0 Å². The Morgan fingerprint density at radius 3 is 2.30 bits per heavy atom. The molecule has 4 aromatic rings. The molecule has 2 aromatic carbocycles. The number of aromatic nitrogens is 2. The lowest BCUT2D eigenvalue weighted by molar-refractivity contribution is 0.251. The number of hydrogen-bond donors (Lipinski definition) is 5. The van der Waals surface area contributed by atoms with E-state index in [4.69, 9.17) is 12.2 Å². The lowest BCUT2D eigenvalue weighted by Crippen LogP contribution is -2.40. The third-order valence-electron chi connectivity index (χ3n) is 5.75. The molecule has 0 fully saturated rings. The van der Waals surface area contributed by atoms with Crippen molar-refractivity contribution in [3.05, 3.63) is 78.8 Å². The molecular weight excluding hydrogens is 603 g/mol. The number of anilines is 2. The third kappa shape index (κ3) is 9.29. The highest BCUT2D eigenvalue weighted by Gasteiger charge is 2.26. The maximum atomic E-state index is 13.6. The summed E-state index contributed by atoms with van der Waals surface area (Å²) in [6.07, 6.45) is 4.95. The molecule has 226 valence electrons. The van der Waals surface area contributed by atoms with Gasteiger partial charge >= 0.3 is 6.03 Å². The first-order valence-electron chi connectivity index (χ1n) is 13.5. The normalized spacial score (nSPS) is 11.7. The van der Waals surface area contributed by atoms with Gasteiger partial charge in [0.1, 0.15) is 5.01 Å². The molecule has 0 saturated carbocycles. The summed E-state index contributed by atoms with van der Waals surface area (Å²) in [6.45, 7) is 9.64. The van der Waals surface area contributed by atoms with Crippen LogP contribution in [0.3, 0.4) is 0 Å². The Kier molecular flexibility index (Phi) is 10.1. The van der Waals surface area contributed by atoms with E-state index in [0.717, 1.165) is 21.8 Å². The molecule has 13 heteroatoms. The molecule has 0 aliphatic rings. The topological polar surface area (TPSA) is 137 Å². The number of thiocarbonyl (C=S) groups is 1. The average molecular weight is 638 g/mol. The molecule has 0 bridgehead atoms. The smallest absolute Gasteiger partial charge is 0.319 e. The molecule has 0 aliphatic heterocycles. The number of hydrogen-bond acceptors (Lipinski definition) is 7. The van der Waals surface area contributed by atoms with Gasteiger partial charge in [0, 0.05) is 59.2 Å². The van der Waals surface area contributed by atoms with Gasteiger partial charge in [-0.25, -0.2) is 22.9 Å². The van der Waals surface area contributed by atoms with Crippen molar-refractivity contribution in [1.82, 2.24) is 25.3 Å². The van der Waals surface area contributed by atoms with Crippen molar-refractivity contribution < 1.29 is 13.2 Å². The largest absolute Gasteiger partial charge is 0.360 e. The number of carbonyl (C=O) groups excluding carboxylic acids is 1. The van der Waals surface area contributed by atoms with Gasteiger partial charge in [0.15, 0.2) is 5.11 Å². The Balaban J connectivity index is 1.58. The van der Waals surface area contributed by atoms with Crippen LogP contribution in [-0.2, 0) is 16.6 Å². The summed E-state index contributed by atoms with van der Waals surface area (Å²) in [5.74, 6) is 0. The van der Waals surface area contributed by atoms with E-state index in [1.54, 1.807) is 63.6 Å². The van der Waals surface area contributed by atoms with E-state index in [0.29, 0.717) is 27.8 Å². The number of urea groups is 1. The predicted octanol–water partition coefficient (Wildman–Crippen LogP) is 5.97. The van der Waals surface area contributed by atoms with E-state index in [1.165, 1.54) is 17.4 Å². The second kappa shape index (κ2) is 13.6. The van der Waals surface area contributed by atoms with Crippen LogP contribution in [0, 0.1) is 0 Å². The van der Waals surface area contributed by atoms with Crippen LogP contribution in [0.25, 0.3) is 21.0 Å². The quantitative estimate of drug-likeness (QED) is 0.142. The molecule has 2 aromatic heterocycles. The fourth-order valence-electron chi connectivity index (χ4n) is 4.00. The Morgan fingerprint density at radius 2 is 1.65 bits per heavy atom. The number of amides is 2. The average Bonchev–Trinajstić information content (AvgIpc) is 3.41. The summed E-state index contributed by atoms with van der Waals surface area (Å²) in [6, 6.07) is 15.9. The number of sulfonamides is 1. The molecule has 5 N–H and O–H groups in total. The molecule has 0 radical (unpaired) electrons. The lowest BCUT2D eigenvalue weighted by Gasteiger charge is -2.22. The minimum absolute atomic E-state index is 0.0373. The second-order valence-electron chi connectivity index (χ2n) is 11.1. The van der Waals surface area contributed by atoms with Crippen LogP contribution in [0.15, 0.2) is 78.1 Å². The molecular formula is C30H35N7O3S3. The first-order chi connectivity index (χ1) is 20.3. The van der Waals surface area contributed by atoms with Crippen LogP contribution in [0.4, 0.5) is 16.2 Å². The van der Waals surface area contributed by atoms with Crippen molar-refractivity contribution in [1.29, 1.82) is 0 Å². The fourth-order valence-corrected chi connectivity index (χ4v) is 7.04. The van der Waals surface area contributed by atoms with E-state index < -0.39 is 21.6 Å². The fraction of sp³-hybridized carbons (Fsp3) is 0.267. The summed E-state index contributed by atoms with van der Waals surface area (Å²) in [5, 5.41) is 13.1. The van der Waals surface area contributed by atoms with E-state index >= 15 is 0 Å². The van der Waals surface area contributed by atoms with Gasteiger partial charge in [0.25, 0.3) is 0 Å². The Morgan fingerprint density at radius 1 is 0.977 bits per heavy atom. The number of nitrogens with zero attached hydrogens (tertiary/aromatic N) is 2.